The molecule has 2 heterocycles. The Morgan fingerprint density at radius 1 is 1.31 bits per heavy atom. The van der Waals surface area contributed by atoms with Gasteiger partial charge in [-0.15, -0.1) is 11.3 Å². The van der Waals surface area contributed by atoms with Gasteiger partial charge in [-0.1, -0.05) is 16.9 Å². The quantitative estimate of drug-likeness (QED) is 0.429. The Balaban J connectivity index is 1.62. The number of hydrogen-bond acceptors (Lipinski definition) is 8. The molecule has 0 spiro atoms. The van der Waals surface area contributed by atoms with E-state index in [4.69, 9.17) is 14.0 Å². The number of rotatable bonds is 7. The molecule has 0 aliphatic rings. The van der Waals surface area contributed by atoms with Crippen molar-refractivity contribution >= 4 is 29.1 Å². The molecule has 136 valence electrons. The maximum absolute atomic E-state index is 12.5. The number of carbonyl (C=O) groups excluding carboxylic acids is 1. The second kappa shape index (κ2) is 8.28. The molecule has 0 N–H and O–H groups in total. The summed E-state index contributed by atoms with van der Waals surface area (Å²) < 4.78 is 40.2. The largest absolute Gasteiger partial charge is 0.497 e. The number of benzene rings is 1. The Morgan fingerprint density at radius 2 is 2.08 bits per heavy atom. The molecule has 0 atom stereocenters. The van der Waals surface area contributed by atoms with Crippen molar-refractivity contribution in [2.45, 2.75) is 17.3 Å². The number of esters is 1. The Bertz CT molecular complexity index is 881. The Morgan fingerprint density at radius 3 is 2.77 bits per heavy atom. The molecular weight excluding hydrogens is 386 g/mol. The van der Waals surface area contributed by atoms with Crippen LogP contribution in [0.5, 0.6) is 5.75 Å². The number of halogens is 2. The van der Waals surface area contributed by atoms with Crippen molar-refractivity contribution in [1.82, 2.24) is 10.1 Å². The molecule has 0 saturated carbocycles. The smallest absolute Gasteiger partial charge is 0.349 e. The molecule has 0 amide bonds. The van der Waals surface area contributed by atoms with Gasteiger partial charge in [0.25, 0.3) is 11.6 Å². The molecule has 0 fully saturated rings. The van der Waals surface area contributed by atoms with Crippen molar-refractivity contribution < 1.29 is 27.6 Å². The van der Waals surface area contributed by atoms with E-state index in [1.807, 2.05) is 0 Å². The molecular formula is C16H12F2N2O4S2. The zero-order valence-electron chi connectivity index (χ0n) is 13.3. The SMILES string of the molecule is COc1ccc(-c2nc(COC(=O)c3sccc3SC(F)F)no2)cc1. The third kappa shape index (κ3) is 4.38. The number of thiophene rings is 1. The minimum Gasteiger partial charge on any atom is -0.497 e. The minimum atomic E-state index is -2.61. The topological polar surface area (TPSA) is 74.5 Å². The number of hydrogen-bond donors (Lipinski definition) is 0. The molecule has 26 heavy (non-hydrogen) atoms. The van der Waals surface area contributed by atoms with Crippen molar-refractivity contribution in [3.8, 4) is 17.2 Å². The molecule has 0 saturated heterocycles. The summed E-state index contributed by atoms with van der Waals surface area (Å²) in [5, 5.41) is 5.30. The van der Waals surface area contributed by atoms with Gasteiger partial charge >= 0.3 is 5.97 Å². The van der Waals surface area contributed by atoms with Gasteiger partial charge in [0.15, 0.2) is 6.61 Å². The summed E-state index contributed by atoms with van der Waals surface area (Å²) in [6.07, 6.45) is 0. The highest BCUT2D eigenvalue weighted by Crippen LogP contribution is 2.32. The van der Waals surface area contributed by atoms with Crippen LogP contribution in [0.1, 0.15) is 15.5 Å². The van der Waals surface area contributed by atoms with Crippen LogP contribution in [-0.2, 0) is 11.3 Å². The Hall–Kier alpha value is -2.46. The number of ether oxygens (including phenoxy) is 2. The monoisotopic (exact) mass is 398 g/mol. The van der Waals surface area contributed by atoms with Gasteiger partial charge in [-0.2, -0.15) is 13.8 Å². The summed E-state index contributed by atoms with van der Waals surface area (Å²) >= 11 is 1.34. The van der Waals surface area contributed by atoms with Crippen LogP contribution in [0.2, 0.25) is 0 Å². The van der Waals surface area contributed by atoms with E-state index in [1.165, 1.54) is 6.07 Å². The van der Waals surface area contributed by atoms with Gasteiger partial charge in [0.05, 0.1) is 7.11 Å². The lowest BCUT2D eigenvalue weighted by molar-refractivity contribution is 0.0462. The van der Waals surface area contributed by atoms with Crippen LogP contribution in [-0.4, -0.2) is 29.0 Å². The van der Waals surface area contributed by atoms with Gasteiger partial charge in [-0.3, -0.25) is 0 Å². The van der Waals surface area contributed by atoms with Gasteiger partial charge < -0.3 is 14.0 Å². The summed E-state index contributed by atoms with van der Waals surface area (Å²) in [6.45, 7) is -0.227. The maximum Gasteiger partial charge on any atom is 0.349 e. The molecule has 2 aromatic heterocycles. The normalized spacial score (nSPS) is 10.9. The molecule has 0 radical (unpaired) electrons. The number of aromatic nitrogens is 2. The summed E-state index contributed by atoms with van der Waals surface area (Å²) in [5.74, 6) is -2.19. The van der Waals surface area contributed by atoms with Crippen LogP contribution in [0.15, 0.2) is 45.1 Å². The average molecular weight is 398 g/mol. The van der Waals surface area contributed by atoms with Crippen LogP contribution in [0.4, 0.5) is 8.78 Å². The van der Waals surface area contributed by atoms with E-state index in [9.17, 15) is 13.6 Å². The zero-order valence-corrected chi connectivity index (χ0v) is 15.0. The third-order valence-electron chi connectivity index (χ3n) is 3.17. The van der Waals surface area contributed by atoms with E-state index in [0.717, 1.165) is 11.3 Å². The first-order valence-corrected chi connectivity index (χ1v) is 8.99. The van der Waals surface area contributed by atoms with Crippen molar-refractivity contribution in [3.63, 3.8) is 0 Å². The first kappa shape index (κ1) is 18.3. The van der Waals surface area contributed by atoms with Crippen LogP contribution < -0.4 is 4.74 Å². The van der Waals surface area contributed by atoms with Crippen LogP contribution in [0.3, 0.4) is 0 Å². The van der Waals surface area contributed by atoms with Gasteiger partial charge in [0, 0.05) is 10.5 Å². The summed E-state index contributed by atoms with van der Waals surface area (Å²) in [5.41, 5.74) is 0.685. The molecule has 6 nitrogen and oxygen atoms in total. The first-order valence-electron chi connectivity index (χ1n) is 7.23. The average Bonchev–Trinajstić information content (AvgIpc) is 3.29. The van der Waals surface area contributed by atoms with Gasteiger partial charge in [0.2, 0.25) is 5.82 Å². The Labute approximate surface area is 155 Å². The van der Waals surface area contributed by atoms with E-state index < -0.39 is 11.7 Å². The molecule has 3 rings (SSSR count). The van der Waals surface area contributed by atoms with Gasteiger partial charge in [-0.05, 0) is 35.7 Å². The molecule has 0 aliphatic heterocycles. The third-order valence-corrected chi connectivity index (χ3v) is 4.96. The summed E-state index contributed by atoms with van der Waals surface area (Å²) in [7, 11) is 1.56. The Kier molecular flexibility index (Phi) is 5.84. The van der Waals surface area contributed by atoms with Gasteiger partial charge in [0.1, 0.15) is 10.6 Å². The van der Waals surface area contributed by atoms with Crippen molar-refractivity contribution in [2.24, 2.45) is 0 Å². The fourth-order valence-electron chi connectivity index (χ4n) is 1.99. The minimum absolute atomic E-state index is 0.120. The fourth-order valence-corrected chi connectivity index (χ4v) is 3.58. The molecule has 0 aliphatic carbocycles. The van der Waals surface area contributed by atoms with E-state index in [2.05, 4.69) is 10.1 Å². The fraction of sp³-hybridized carbons (Fsp3) is 0.188. The molecule has 0 unspecified atom stereocenters. The zero-order chi connectivity index (χ0) is 18.5. The first-order chi connectivity index (χ1) is 12.6. The lowest BCUT2D eigenvalue weighted by Gasteiger charge is -2.03. The number of alkyl halides is 2. The second-order valence-corrected chi connectivity index (χ2v) is 6.76. The predicted octanol–water partition coefficient (Wildman–Crippen LogP) is 4.48. The summed E-state index contributed by atoms with van der Waals surface area (Å²) in [6, 6.07) is 8.45. The van der Waals surface area contributed by atoms with Crippen molar-refractivity contribution in [3.05, 3.63) is 46.4 Å². The number of nitrogens with zero attached hydrogens (tertiary/aromatic N) is 2. The van der Waals surface area contributed by atoms with Crippen LogP contribution >= 0.6 is 23.1 Å². The number of thioether (sulfide) groups is 1. The highest BCUT2D eigenvalue weighted by molar-refractivity contribution is 7.99. The predicted molar refractivity (Wildman–Crippen MR) is 91.6 cm³/mol. The highest BCUT2D eigenvalue weighted by Gasteiger charge is 2.19. The lowest BCUT2D eigenvalue weighted by atomic mass is 10.2. The van der Waals surface area contributed by atoms with E-state index in [0.29, 0.717) is 23.1 Å². The second-order valence-electron chi connectivity index (χ2n) is 4.81. The number of methoxy groups -OCH3 is 1. The molecule has 1 aromatic carbocycles. The van der Waals surface area contributed by atoms with Crippen LogP contribution in [0, 0.1) is 0 Å². The maximum atomic E-state index is 12.5. The van der Waals surface area contributed by atoms with Crippen LogP contribution in [0.25, 0.3) is 11.5 Å². The molecule has 0 bridgehead atoms. The summed E-state index contributed by atoms with van der Waals surface area (Å²) in [4.78, 5) is 16.5. The standard InChI is InChI=1S/C16H12F2N2O4S2/c1-22-10-4-2-9(3-5-10)14-19-12(20-24-14)8-23-15(21)13-11(6-7-25-13)26-16(17)18/h2-7,16H,8H2,1H3. The lowest BCUT2D eigenvalue weighted by Crippen LogP contribution is -2.05. The highest BCUT2D eigenvalue weighted by atomic mass is 32.2. The van der Waals surface area contributed by atoms with Gasteiger partial charge in [-0.25, -0.2) is 4.79 Å². The van der Waals surface area contributed by atoms with E-state index in [-0.39, 0.29) is 28.1 Å². The van der Waals surface area contributed by atoms with E-state index >= 15 is 0 Å². The van der Waals surface area contributed by atoms with Crippen molar-refractivity contribution in [2.75, 3.05) is 7.11 Å². The molecule has 10 heteroatoms. The van der Waals surface area contributed by atoms with E-state index in [1.54, 1.807) is 36.8 Å². The van der Waals surface area contributed by atoms with Crippen molar-refractivity contribution in [1.29, 1.82) is 0 Å². The molecule has 3 aromatic rings. The number of carbonyl (C=O) groups is 1.